The summed E-state index contributed by atoms with van der Waals surface area (Å²) in [5, 5.41) is 0. The molecule has 5 heteroatoms. The summed E-state index contributed by atoms with van der Waals surface area (Å²) >= 11 is 3.26. The summed E-state index contributed by atoms with van der Waals surface area (Å²) in [6.07, 6.45) is -4.46. The normalized spacial score (nSPS) is 11.4. The number of benzene rings is 2. The van der Waals surface area contributed by atoms with Gasteiger partial charge in [-0.3, -0.25) is 4.79 Å². The maximum atomic E-state index is 12.6. The van der Waals surface area contributed by atoms with Gasteiger partial charge >= 0.3 is 6.18 Å². The van der Waals surface area contributed by atoms with E-state index in [2.05, 4.69) is 15.9 Å². The van der Waals surface area contributed by atoms with Crippen molar-refractivity contribution in [3.05, 3.63) is 69.2 Å². The highest BCUT2D eigenvalue weighted by atomic mass is 79.9. The topological polar surface area (TPSA) is 17.1 Å². The minimum atomic E-state index is -4.46. The zero-order chi connectivity index (χ0) is 14.9. The fourth-order valence-corrected chi connectivity index (χ4v) is 2.47. The van der Waals surface area contributed by atoms with E-state index in [1.165, 1.54) is 12.1 Å². The number of ketones is 1. The second-order valence-electron chi connectivity index (χ2n) is 4.39. The van der Waals surface area contributed by atoms with Crippen LogP contribution in [0.2, 0.25) is 0 Å². The highest BCUT2D eigenvalue weighted by Crippen LogP contribution is 2.30. The number of carbonyl (C=O) groups excluding carboxylic acids is 1. The molecule has 0 atom stereocenters. The molecule has 0 heterocycles. The Bertz CT molecular complexity index is 662. The molecule has 0 amide bonds. The summed E-state index contributed by atoms with van der Waals surface area (Å²) in [4.78, 5) is 12.3. The lowest BCUT2D eigenvalue weighted by Gasteiger charge is -2.09. The van der Waals surface area contributed by atoms with Gasteiger partial charge in [0.1, 0.15) is 0 Å². The van der Waals surface area contributed by atoms with Crippen LogP contribution in [0.25, 0.3) is 0 Å². The van der Waals surface area contributed by atoms with Crippen LogP contribution in [-0.4, -0.2) is 5.78 Å². The lowest BCUT2D eigenvalue weighted by Crippen LogP contribution is -2.08. The van der Waals surface area contributed by atoms with Crippen LogP contribution >= 0.6 is 15.9 Å². The molecule has 0 aliphatic carbocycles. The molecule has 0 aliphatic heterocycles. The van der Waals surface area contributed by atoms with E-state index >= 15 is 0 Å². The van der Waals surface area contributed by atoms with Crippen molar-refractivity contribution in [2.24, 2.45) is 0 Å². The SMILES string of the molecule is Cc1ccc(C(=O)c2cccc(C(F)(F)F)c2)c(Br)c1. The first-order valence-electron chi connectivity index (χ1n) is 5.77. The van der Waals surface area contributed by atoms with Gasteiger partial charge in [0.05, 0.1) is 5.56 Å². The minimum absolute atomic E-state index is 0.0179. The first kappa shape index (κ1) is 14.8. The number of carbonyl (C=O) groups is 1. The van der Waals surface area contributed by atoms with Gasteiger partial charge in [-0.2, -0.15) is 13.2 Å². The van der Waals surface area contributed by atoms with Gasteiger partial charge in [0, 0.05) is 15.6 Å². The molecular weight excluding hydrogens is 333 g/mol. The van der Waals surface area contributed by atoms with E-state index < -0.39 is 17.5 Å². The summed E-state index contributed by atoms with van der Waals surface area (Å²) in [6.45, 7) is 1.86. The van der Waals surface area contributed by atoms with Crippen LogP contribution in [0, 0.1) is 6.92 Å². The molecule has 0 spiro atoms. The molecule has 0 unspecified atom stereocenters. The Labute approximate surface area is 122 Å². The fourth-order valence-electron chi connectivity index (χ4n) is 1.80. The van der Waals surface area contributed by atoms with Crippen molar-refractivity contribution < 1.29 is 18.0 Å². The molecule has 0 saturated heterocycles. The van der Waals surface area contributed by atoms with Gasteiger partial charge in [0.15, 0.2) is 5.78 Å². The van der Waals surface area contributed by atoms with Gasteiger partial charge < -0.3 is 0 Å². The van der Waals surface area contributed by atoms with E-state index in [0.29, 0.717) is 10.0 Å². The first-order chi connectivity index (χ1) is 9.29. The summed E-state index contributed by atoms with van der Waals surface area (Å²) in [6, 6.07) is 9.52. The summed E-state index contributed by atoms with van der Waals surface area (Å²) in [7, 11) is 0. The summed E-state index contributed by atoms with van der Waals surface area (Å²) in [5.41, 5.74) is 0.489. The minimum Gasteiger partial charge on any atom is -0.289 e. The van der Waals surface area contributed by atoms with Crippen LogP contribution in [0.15, 0.2) is 46.9 Å². The molecule has 0 radical (unpaired) electrons. The van der Waals surface area contributed by atoms with E-state index in [0.717, 1.165) is 17.7 Å². The summed E-state index contributed by atoms with van der Waals surface area (Å²) < 4.78 is 38.5. The Morgan fingerprint density at radius 2 is 1.80 bits per heavy atom. The predicted molar refractivity (Wildman–Crippen MR) is 73.8 cm³/mol. The average Bonchev–Trinajstić information content (AvgIpc) is 2.37. The zero-order valence-electron chi connectivity index (χ0n) is 10.5. The Morgan fingerprint density at radius 3 is 2.40 bits per heavy atom. The van der Waals surface area contributed by atoms with E-state index in [9.17, 15) is 18.0 Å². The van der Waals surface area contributed by atoms with Crippen molar-refractivity contribution in [3.63, 3.8) is 0 Å². The standard InChI is InChI=1S/C15H10BrF3O/c1-9-5-6-12(13(16)7-9)14(20)10-3-2-4-11(8-10)15(17,18)19/h2-8H,1H3. The molecule has 1 nitrogen and oxygen atoms in total. The van der Waals surface area contributed by atoms with Crippen molar-refractivity contribution in [1.82, 2.24) is 0 Å². The average molecular weight is 343 g/mol. The third-order valence-corrected chi connectivity index (χ3v) is 3.48. The largest absolute Gasteiger partial charge is 0.416 e. The predicted octanol–water partition coefficient (Wildman–Crippen LogP) is 5.01. The molecular formula is C15H10BrF3O. The van der Waals surface area contributed by atoms with Gasteiger partial charge in [0.2, 0.25) is 0 Å². The van der Waals surface area contributed by atoms with Gasteiger partial charge in [0.25, 0.3) is 0 Å². The third-order valence-electron chi connectivity index (χ3n) is 2.82. The molecule has 2 rings (SSSR count). The van der Waals surface area contributed by atoms with Crippen LogP contribution < -0.4 is 0 Å². The number of rotatable bonds is 2. The van der Waals surface area contributed by atoms with Crippen LogP contribution in [0.3, 0.4) is 0 Å². The second-order valence-corrected chi connectivity index (χ2v) is 5.25. The molecule has 0 N–H and O–H groups in total. The van der Waals surface area contributed by atoms with Crippen molar-refractivity contribution >= 4 is 21.7 Å². The van der Waals surface area contributed by atoms with Gasteiger partial charge in [-0.25, -0.2) is 0 Å². The van der Waals surface area contributed by atoms with Gasteiger partial charge in [-0.1, -0.05) is 34.1 Å². The zero-order valence-corrected chi connectivity index (χ0v) is 12.0. The number of hydrogen-bond acceptors (Lipinski definition) is 1. The molecule has 0 fully saturated rings. The maximum Gasteiger partial charge on any atom is 0.416 e. The van der Waals surface area contributed by atoms with Crippen molar-refractivity contribution in [1.29, 1.82) is 0 Å². The Kier molecular flexibility index (Phi) is 3.99. The van der Waals surface area contributed by atoms with Gasteiger partial charge in [-0.05, 0) is 36.8 Å². The third kappa shape index (κ3) is 3.10. The molecule has 2 aromatic rings. The quantitative estimate of drug-likeness (QED) is 0.701. The smallest absolute Gasteiger partial charge is 0.289 e. The number of hydrogen-bond donors (Lipinski definition) is 0. The van der Waals surface area contributed by atoms with Gasteiger partial charge in [-0.15, -0.1) is 0 Å². The van der Waals surface area contributed by atoms with Crippen molar-refractivity contribution in [2.45, 2.75) is 13.1 Å². The van der Waals surface area contributed by atoms with E-state index in [-0.39, 0.29) is 5.56 Å². The highest BCUT2D eigenvalue weighted by Gasteiger charge is 2.31. The van der Waals surface area contributed by atoms with Crippen LogP contribution in [0.1, 0.15) is 27.0 Å². The van der Waals surface area contributed by atoms with E-state index in [1.807, 2.05) is 6.92 Å². The van der Waals surface area contributed by atoms with Crippen molar-refractivity contribution in [2.75, 3.05) is 0 Å². The molecule has 2 aromatic carbocycles. The van der Waals surface area contributed by atoms with Crippen LogP contribution in [-0.2, 0) is 6.18 Å². The monoisotopic (exact) mass is 342 g/mol. The Balaban J connectivity index is 2.44. The molecule has 0 aromatic heterocycles. The number of alkyl halides is 3. The lowest BCUT2D eigenvalue weighted by atomic mass is 10.0. The first-order valence-corrected chi connectivity index (χ1v) is 6.56. The Hall–Kier alpha value is -1.62. The lowest BCUT2D eigenvalue weighted by molar-refractivity contribution is -0.137. The molecule has 20 heavy (non-hydrogen) atoms. The second kappa shape index (κ2) is 5.40. The maximum absolute atomic E-state index is 12.6. The van der Waals surface area contributed by atoms with Crippen LogP contribution in [0.4, 0.5) is 13.2 Å². The van der Waals surface area contributed by atoms with E-state index in [1.54, 1.807) is 18.2 Å². The summed E-state index contributed by atoms with van der Waals surface area (Å²) in [5.74, 6) is -0.442. The molecule has 0 bridgehead atoms. The Morgan fingerprint density at radius 1 is 1.10 bits per heavy atom. The van der Waals surface area contributed by atoms with E-state index in [4.69, 9.17) is 0 Å². The molecule has 0 aliphatic rings. The fraction of sp³-hybridized carbons (Fsp3) is 0.133. The number of aryl methyl sites for hydroxylation is 1. The van der Waals surface area contributed by atoms with Crippen LogP contribution in [0.5, 0.6) is 0 Å². The molecule has 0 saturated carbocycles. The molecule has 104 valence electrons. The van der Waals surface area contributed by atoms with Crippen molar-refractivity contribution in [3.8, 4) is 0 Å². The highest BCUT2D eigenvalue weighted by molar-refractivity contribution is 9.10. The number of halogens is 4.